The molecule has 0 aromatic carbocycles. The molecule has 10 fully saturated rings. The SMILES string of the molecule is C=C1C[C@@H]2CC[C@@]34C[C@H]5OC6[C@@H](O[C@H]7CC[C@H](CC(=O)C[C@@H]8[C@@H](OC)[C@@H](C[C@H](O)CNCC[Si](C)(C)O)O[C@H]8C[C@H]8O[C@@H](CC[C@@H]1O2)C[C@@H](C)C8=C)O[C@@H]7[C@@H]6O3)C5O4. The van der Waals surface area contributed by atoms with Gasteiger partial charge in [-0.1, -0.05) is 20.1 Å². The Bertz CT molecular complexity index is 1530. The molecule has 1 spiro atoms. The van der Waals surface area contributed by atoms with Crippen LogP contribution in [0, 0.1) is 11.8 Å². The van der Waals surface area contributed by atoms with Crippen molar-refractivity contribution < 1.29 is 57.3 Å². The summed E-state index contributed by atoms with van der Waals surface area (Å²) in [7, 11) is -0.514. The predicted octanol–water partition coefficient (Wildman–Crippen LogP) is 4.27. The average Bonchev–Trinajstić information content (AvgIpc) is 3.84. The topological polar surface area (TPSA) is 153 Å². The zero-order chi connectivity index (χ0) is 40.5. The number of carbonyl (C=O) groups is 1. The van der Waals surface area contributed by atoms with Crippen LogP contribution in [0.4, 0.5) is 0 Å². The summed E-state index contributed by atoms with van der Waals surface area (Å²) in [4.78, 5) is 24.5. The van der Waals surface area contributed by atoms with E-state index in [-0.39, 0.29) is 110 Å². The number of ketones is 1. The van der Waals surface area contributed by atoms with E-state index < -0.39 is 32.4 Å². The number of hydrogen-bond donors (Lipinski definition) is 3. The summed E-state index contributed by atoms with van der Waals surface area (Å²) in [6, 6.07) is 0.706. The molecule has 13 nitrogen and oxygen atoms in total. The van der Waals surface area contributed by atoms with Crippen LogP contribution in [-0.2, 0) is 47.4 Å². The Hall–Kier alpha value is -1.11. The van der Waals surface area contributed by atoms with Gasteiger partial charge in [0.1, 0.15) is 36.3 Å². The molecule has 0 aliphatic carbocycles. The highest BCUT2D eigenvalue weighted by Gasteiger charge is 2.68. The lowest BCUT2D eigenvalue weighted by atomic mass is 9.81. The first-order valence-electron chi connectivity index (χ1n) is 22.5. The highest BCUT2D eigenvalue weighted by atomic mass is 28.4. The van der Waals surface area contributed by atoms with Crippen molar-refractivity contribution in [1.29, 1.82) is 0 Å². The van der Waals surface area contributed by atoms with Crippen LogP contribution in [-0.4, -0.2) is 148 Å². The van der Waals surface area contributed by atoms with E-state index >= 15 is 0 Å². The van der Waals surface area contributed by atoms with Gasteiger partial charge in [0.2, 0.25) is 0 Å². The van der Waals surface area contributed by atoms with Gasteiger partial charge in [0, 0.05) is 58.1 Å². The highest BCUT2D eigenvalue weighted by Crippen LogP contribution is 2.54. The van der Waals surface area contributed by atoms with Gasteiger partial charge in [-0.2, -0.15) is 0 Å². The van der Waals surface area contributed by atoms with Gasteiger partial charge in [0.15, 0.2) is 14.1 Å². The monoisotopic (exact) mass is 831 g/mol. The van der Waals surface area contributed by atoms with Crippen LogP contribution in [0.3, 0.4) is 0 Å². The smallest absolute Gasteiger partial charge is 0.183 e. The largest absolute Gasteiger partial charge is 0.432 e. The van der Waals surface area contributed by atoms with Gasteiger partial charge in [-0.05, 0) is 87.7 Å². The Morgan fingerprint density at radius 2 is 1.57 bits per heavy atom. The number of fused-ring (bicyclic) bond motifs is 6. The predicted molar refractivity (Wildman–Crippen MR) is 215 cm³/mol. The second-order valence-corrected chi connectivity index (χ2v) is 24.1. The zero-order valence-corrected chi connectivity index (χ0v) is 36.1. The maximum Gasteiger partial charge on any atom is 0.183 e. The van der Waals surface area contributed by atoms with Gasteiger partial charge in [-0.25, -0.2) is 0 Å². The Morgan fingerprint density at radius 3 is 2.38 bits per heavy atom. The van der Waals surface area contributed by atoms with Crippen molar-refractivity contribution in [1.82, 2.24) is 5.32 Å². The molecule has 10 aliphatic heterocycles. The number of rotatable bonds is 8. The van der Waals surface area contributed by atoms with Crippen molar-refractivity contribution in [2.24, 2.45) is 11.8 Å². The number of nitrogens with one attached hydrogen (secondary N) is 1. The second-order valence-electron chi connectivity index (χ2n) is 20.0. The van der Waals surface area contributed by atoms with Crippen molar-refractivity contribution in [3.8, 4) is 0 Å². The molecule has 0 saturated carbocycles. The van der Waals surface area contributed by atoms with Crippen molar-refractivity contribution >= 4 is 14.1 Å². The quantitative estimate of drug-likeness (QED) is 0.182. The summed E-state index contributed by atoms with van der Waals surface area (Å²) in [5, 5.41) is 14.5. The molecule has 10 rings (SSSR count). The van der Waals surface area contributed by atoms with Crippen LogP contribution >= 0.6 is 0 Å². The van der Waals surface area contributed by atoms with Gasteiger partial charge in [-0.3, -0.25) is 4.79 Å². The van der Waals surface area contributed by atoms with E-state index in [2.05, 4.69) is 25.4 Å². The third kappa shape index (κ3) is 8.63. The second kappa shape index (κ2) is 16.9. The first kappa shape index (κ1) is 42.2. The number of Topliss-reactive ketones (excluding diaryl/α,β-unsaturated/α-hetero) is 1. The summed E-state index contributed by atoms with van der Waals surface area (Å²) in [6.45, 7) is 16.0. The number of aliphatic hydroxyl groups is 1. The maximum absolute atomic E-state index is 14.2. The van der Waals surface area contributed by atoms with Gasteiger partial charge >= 0.3 is 0 Å². The minimum atomic E-state index is -2.19. The normalized spacial score (nSPS) is 48.5. The van der Waals surface area contributed by atoms with Crippen LogP contribution in [0.15, 0.2) is 24.3 Å². The molecule has 10 saturated heterocycles. The molecule has 14 heteroatoms. The number of ether oxygens (including phenoxy) is 9. The first-order valence-corrected chi connectivity index (χ1v) is 25.7. The van der Waals surface area contributed by atoms with E-state index in [4.69, 9.17) is 42.6 Å². The van der Waals surface area contributed by atoms with Gasteiger partial charge in [-0.15, -0.1) is 0 Å². The third-order valence-electron chi connectivity index (χ3n) is 15.0. The fourth-order valence-corrected chi connectivity index (χ4v) is 12.7. The van der Waals surface area contributed by atoms with Gasteiger partial charge in [0.25, 0.3) is 0 Å². The molecule has 10 heterocycles. The molecule has 58 heavy (non-hydrogen) atoms. The van der Waals surface area contributed by atoms with E-state index in [1.54, 1.807) is 7.11 Å². The molecule has 0 amide bonds. The zero-order valence-electron chi connectivity index (χ0n) is 35.1. The van der Waals surface area contributed by atoms with Crippen LogP contribution in [0.5, 0.6) is 0 Å². The minimum Gasteiger partial charge on any atom is -0.432 e. The third-order valence-corrected chi connectivity index (χ3v) is 16.5. The lowest BCUT2D eigenvalue weighted by Gasteiger charge is -2.47. The Morgan fingerprint density at radius 1 is 0.828 bits per heavy atom. The molecule has 2 unspecified atom stereocenters. The Labute approximate surface area is 345 Å². The molecular formula is C44H69NO12Si. The number of methoxy groups -OCH3 is 1. The van der Waals surface area contributed by atoms with E-state index in [0.29, 0.717) is 51.2 Å². The summed E-state index contributed by atoms with van der Waals surface area (Å²) in [5.41, 5.74) is 2.19. The van der Waals surface area contributed by atoms with E-state index in [1.165, 1.54) is 0 Å². The maximum atomic E-state index is 14.2. The molecular weight excluding hydrogens is 763 g/mol. The Balaban J connectivity index is 0.953. The molecule has 0 aromatic heterocycles. The lowest BCUT2D eigenvalue weighted by molar-refractivity contribution is -0.292. The molecule has 0 radical (unpaired) electrons. The minimum absolute atomic E-state index is 0.0258. The Kier molecular flexibility index (Phi) is 12.3. The van der Waals surface area contributed by atoms with Crippen LogP contribution < -0.4 is 5.32 Å². The average molecular weight is 832 g/mol. The molecule has 326 valence electrons. The van der Waals surface area contributed by atoms with E-state index in [1.807, 2.05) is 13.1 Å². The number of aliphatic hydroxyl groups excluding tert-OH is 1. The highest BCUT2D eigenvalue weighted by molar-refractivity contribution is 6.69. The molecule has 19 atom stereocenters. The first-order chi connectivity index (χ1) is 27.7. The summed E-state index contributed by atoms with van der Waals surface area (Å²) in [6.07, 6.45) is 4.67. The summed E-state index contributed by atoms with van der Waals surface area (Å²) >= 11 is 0. The van der Waals surface area contributed by atoms with Gasteiger partial charge in [0.05, 0.1) is 67.1 Å². The molecule has 12 bridgehead atoms. The fourth-order valence-electron chi connectivity index (χ4n) is 11.9. The van der Waals surface area contributed by atoms with Crippen molar-refractivity contribution in [3.63, 3.8) is 0 Å². The molecule has 3 N–H and O–H groups in total. The van der Waals surface area contributed by atoms with Crippen LogP contribution in [0.1, 0.15) is 90.4 Å². The van der Waals surface area contributed by atoms with Crippen LogP contribution in [0.2, 0.25) is 19.1 Å². The van der Waals surface area contributed by atoms with Crippen molar-refractivity contribution in [2.75, 3.05) is 20.2 Å². The van der Waals surface area contributed by atoms with E-state index in [0.717, 1.165) is 49.7 Å². The number of carbonyl (C=O) groups excluding carboxylic acids is 1. The molecule has 0 aromatic rings. The van der Waals surface area contributed by atoms with E-state index in [9.17, 15) is 14.7 Å². The summed E-state index contributed by atoms with van der Waals surface area (Å²) in [5.74, 6) is -0.661. The lowest BCUT2D eigenvalue weighted by Crippen LogP contribution is -2.61. The fraction of sp³-hybridized carbons (Fsp3) is 0.886. The number of hydrogen-bond acceptors (Lipinski definition) is 13. The molecule has 10 aliphatic rings. The standard InChI is InChI=1S/C44H69NO12Si/c1-23-15-28-7-9-32-24(2)16-30(50-32)11-12-44-21-37-40(56-44)41-42(55-37)43(57-44)39-33(54-41)10-8-29(52-39)17-26(46)18-31-35(20-34(51-28)25(23)3)53-36(38(31)49-4)19-27(47)22-45-13-14-58(5,6)48/h23,27-43,45,47-48H,2-3,7-22H2,1,4-6H3/t23-,27+,28+,29-,30+,31+,32+,33+,34-,35+,36-,37-,38-,39+,40?,41+,42?,43+,44+/m1/s1. The summed E-state index contributed by atoms with van der Waals surface area (Å²) < 4.78 is 60.5. The van der Waals surface area contributed by atoms with Crippen molar-refractivity contribution in [3.05, 3.63) is 24.3 Å². The van der Waals surface area contributed by atoms with Crippen molar-refractivity contribution in [2.45, 2.75) is 213 Å². The van der Waals surface area contributed by atoms with Crippen LogP contribution in [0.25, 0.3) is 0 Å². The van der Waals surface area contributed by atoms with Gasteiger partial charge < -0.3 is 57.9 Å².